The average Bonchev–Trinajstić information content (AvgIpc) is 3.43. The molecule has 32 heavy (non-hydrogen) atoms. The van der Waals surface area contributed by atoms with Crippen LogP contribution in [0, 0.1) is 20.8 Å². The van der Waals surface area contributed by atoms with Gasteiger partial charge in [-0.2, -0.15) is 0 Å². The molecule has 3 rings (SSSR count). The third-order valence-electron chi connectivity index (χ3n) is 5.40. The molecule has 9 heteroatoms. The number of carbonyl (C=O) groups excluding carboxylic acids is 3. The first-order valence-electron chi connectivity index (χ1n) is 10.8. The number of hydrogen-bond acceptors (Lipinski definition) is 6. The number of nitrogens with zero attached hydrogens (tertiary/aromatic N) is 2. The van der Waals surface area contributed by atoms with Crippen molar-refractivity contribution in [3.05, 3.63) is 41.2 Å². The third kappa shape index (κ3) is 6.65. The summed E-state index contributed by atoms with van der Waals surface area (Å²) in [7, 11) is 0. The van der Waals surface area contributed by atoms with Crippen molar-refractivity contribution < 1.29 is 23.6 Å². The number of rotatable bonds is 9. The minimum absolute atomic E-state index is 0.00602. The van der Waals surface area contributed by atoms with Crippen LogP contribution in [0.25, 0.3) is 0 Å². The van der Waals surface area contributed by atoms with Gasteiger partial charge in [-0.05, 0) is 56.9 Å². The molecule has 9 nitrogen and oxygen atoms in total. The molecule has 1 aromatic heterocycles. The van der Waals surface area contributed by atoms with Gasteiger partial charge < -0.3 is 19.9 Å². The van der Waals surface area contributed by atoms with Crippen LogP contribution < -0.4 is 15.5 Å². The van der Waals surface area contributed by atoms with E-state index in [1.165, 1.54) is 4.90 Å². The smallest absolute Gasteiger partial charge is 0.240 e. The maximum absolute atomic E-state index is 12.9. The largest absolute Gasteiger partial charge is 0.376 e. The molecule has 1 aliphatic rings. The van der Waals surface area contributed by atoms with Gasteiger partial charge in [0.1, 0.15) is 12.3 Å². The zero-order chi connectivity index (χ0) is 23.1. The number of benzene rings is 1. The van der Waals surface area contributed by atoms with Crippen molar-refractivity contribution in [1.82, 2.24) is 10.5 Å². The van der Waals surface area contributed by atoms with Crippen LogP contribution in [0.2, 0.25) is 0 Å². The Hall–Kier alpha value is -3.20. The summed E-state index contributed by atoms with van der Waals surface area (Å²) in [5.41, 5.74) is 2.89. The molecule has 3 amide bonds. The number of amides is 3. The standard InChI is InChI=1S/C23H30N4O5/c1-15-6-7-18(11-16(15)2)25-21(28)8-9-23(30)27(20-12-17(3)32-26-20)14-22(29)24-13-19-5-4-10-31-19/h6-7,11-12,19H,4-5,8-10,13-14H2,1-3H3,(H,24,29)(H,25,28). The Bertz CT molecular complexity index is 965. The highest BCUT2D eigenvalue weighted by atomic mass is 16.5. The Balaban J connectivity index is 1.56. The second kappa shape index (κ2) is 10.9. The summed E-state index contributed by atoms with van der Waals surface area (Å²) in [4.78, 5) is 38.9. The fraction of sp³-hybridized carbons (Fsp3) is 0.478. The molecule has 2 aromatic rings. The molecule has 2 heterocycles. The molecule has 0 spiro atoms. The van der Waals surface area contributed by atoms with E-state index in [0.717, 1.165) is 24.0 Å². The van der Waals surface area contributed by atoms with E-state index in [1.54, 1.807) is 13.0 Å². The lowest BCUT2D eigenvalue weighted by Gasteiger charge is -2.20. The second-order valence-electron chi connectivity index (χ2n) is 8.06. The Morgan fingerprint density at radius 3 is 2.56 bits per heavy atom. The summed E-state index contributed by atoms with van der Waals surface area (Å²) < 4.78 is 10.6. The van der Waals surface area contributed by atoms with Gasteiger partial charge >= 0.3 is 0 Å². The number of hydrogen-bond donors (Lipinski definition) is 2. The Morgan fingerprint density at radius 1 is 1.09 bits per heavy atom. The van der Waals surface area contributed by atoms with Gasteiger partial charge in [-0.25, -0.2) is 0 Å². The van der Waals surface area contributed by atoms with Gasteiger partial charge in [0.15, 0.2) is 5.82 Å². The van der Waals surface area contributed by atoms with Gasteiger partial charge in [0.25, 0.3) is 0 Å². The predicted octanol–water partition coefficient (Wildman–Crippen LogP) is 2.65. The lowest BCUT2D eigenvalue weighted by Crippen LogP contribution is -2.43. The van der Waals surface area contributed by atoms with E-state index in [1.807, 2.05) is 32.0 Å². The molecule has 0 radical (unpaired) electrons. The molecule has 1 fully saturated rings. The maximum Gasteiger partial charge on any atom is 0.240 e. The summed E-state index contributed by atoms with van der Waals surface area (Å²) in [6.07, 6.45) is 1.80. The van der Waals surface area contributed by atoms with Gasteiger partial charge in [0, 0.05) is 37.7 Å². The third-order valence-corrected chi connectivity index (χ3v) is 5.40. The lowest BCUT2D eigenvalue weighted by atomic mass is 10.1. The number of carbonyl (C=O) groups is 3. The summed E-state index contributed by atoms with van der Waals surface area (Å²) in [5.74, 6) is -0.227. The van der Waals surface area contributed by atoms with Crippen LogP contribution in [0.15, 0.2) is 28.8 Å². The van der Waals surface area contributed by atoms with Gasteiger partial charge in [-0.1, -0.05) is 11.2 Å². The van der Waals surface area contributed by atoms with Crippen molar-refractivity contribution in [3.63, 3.8) is 0 Å². The average molecular weight is 443 g/mol. The fourth-order valence-electron chi connectivity index (χ4n) is 3.41. The Kier molecular flexibility index (Phi) is 7.99. The highest BCUT2D eigenvalue weighted by molar-refractivity contribution is 6.00. The molecule has 172 valence electrons. The number of anilines is 2. The fourth-order valence-corrected chi connectivity index (χ4v) is 3.41. The minimum Gasteiger partial charge on any atom is -0.376 e. The molecule has 0 saturated carbocycles. The zero-order valence-corrected chi connectivity index (χ0v) is 18.8. The number of aromatic nitrogens is 1. The van der Waals surface area contributed by atoms with Crippen molar-refractivity contribution in [2.24, 2.45) is 0 Å². The maximum atomic E-state index is 12.9. The van der Waals surface area contributed by atoms with Crippen LogP contribution in [0.5, 0.6) is 0 Å². The van der Waals surface area contributed by atoms with Gasteiger partial charge in [-0.3, -0.25) is 19.3 Å². The van der Waals surface area contributed by atoms with Crippen LogP contribution in [-0.2, 0) is 19.1 Å². The summed E-state index contributed by atoms with van der Waals surface area (Å²) in [5, 5.41) is 9.47. The summed E-state index contributed by atoms with van der Waals surface area (Å²) >= 11 is 0. The van der Waals surface area contributed by atoms with Crippen molar-refractivity contribution >= 4 is 29.2 Å². The Morgan fingerprint density at radius 2 is 1.91 bits per heavy atom. The molecule has 1 unspecified atom stereocenters. The quantitative estimate of drug-likeness (QED) is 0.617. The predicted molar refractivity (Wildman–Crippen MR) is 119 cm³/mol. The van der Waals surface area contributed by atoms with Crippen molar-refractivity contribution in [3.8, 4) is 0 Å². The summed E-state index contributed by atoms with van der Waals surface area (Å²) in [6.45, 7) is 6.56. The molecule has 1 saturated heterocycles. The van der Waals surface area contributed by atoms with E-state index in [2.05, 4.69) is 15.8 Å². The van der Waals surface area contributed by atoms with E-state index in [4.69, 9.17) is 9.26 Å². The highest BCUT2D eigenvalue weighted by Crippen LogP contribution is 2.17. The highest BCUT2D eigenvalue weighted by Gasteiger charge is 2.24. The van der Waals surface area contributed by atoms with E-state index < -0.39 is 0 Å². The van der Waals surface area contributed by atoms with Gasteiger partial charge in [0.2, 0.25) is 17.7 Å². The van der Waals surface area contributed by atoms with Crippen LogP contribution in [0.3, 0.4) is 0 Å². The molecular formula is C23H30N4O5. The van der Waals surface area contributed by atoms with E-state index >= 15 is 0 Å². The lowest BCUT2D eigenvalue weighted by molar-refractivity contribution is -0.125. The first kappa shape index (κ1) is 23.5. The Labute approximate surface area is 187 Å². The molecule has 0 aliphatic carbocycles. The number of nitrogens with one attached hydrogen (secondary N) is 2. The minimum atomic E-state index is -0.388. The van der Waals surface area contributed by atoms with Gasteiger partial charge in [-0.15, -0.1) is 0 Å². The van der Waals surface area contributed by atoms with Crippen LogP contribution in [-0.4, -0.2) is 48.7 Å². The number of aryl methyl sites for hydroxylation is 3. The van der Waals surface area contributed by atoms with E-state index in [9.17, 15) is 14.4 Å². The first-order valence-corrected chi connectivity index (χ1v) is 10.8. The first-order chi connectivity index (χ1) is 15.3. The van der Waals surface area contributed by atoms with Crippen molar-refractivity contribution in [2.45, 2.75) is 52.6 Å². The summed E-state index contributed by atoms with van der Waals surface area (Å²) in [6, 6.07) is 7.23. The molecule has 0 bridgehead atoms. The van der Waals surface area contributed by atoms with Crippen LogP contribution in [0.4, 0.5) is 11.5 Å². The van der Waals surface area contributed by atoms with Crippen molar-refractivity contribution in [2.75, 3.05) is 29.9 Å². The monoisotopic (exact) mass is 442 g/mol. The van der Waals surface area contributed by atoms with Crippen LogP contribution in [0.1, 0.15) is 42.6 Å². The molecule has 2 N–H and O–H groups in total. The zero-order valence-electron chi connectivity index (χ0n) is 18.8. The SMILES string of the molecule is Cc1cc(N(CC(=O)NCC2CCCO2)C(=O)CCC(=O)Nc2ccc(C)c(C)c2)no1. The van der Waals surface area contributed by atoms with Crippen molar-refractivity contribution in [1.29, 1.82) is 0 Å². The molecular weight excluding hydrogens is 412 g/mol. The van der Waals surface area contributed by atoms with E-state index in [0.29, 0.717) is 24.6 Å². The second-order valence-corrected chi connectivity index (χ2v) is 8.06. The van der Waals surface area contributed by atoms with E-state index in [-0.39, 0.29) is 49.0 Å². The molecule has 1 atom stereocenters. The normalized spacial score (nSPS) is 15.4. The van der Waals surface area contributed by atoms with Gasteiger partial charge in [0.05, 0.1) is 6.10 Å². The molecule has 1 aliphatic heterocycles. The molecule has 1 aromatic carbocycles. The topological polar surface area (TPSA) is 114 Å². The van der Waals surface area contributed by atoms with Crippen LogP contribution >= 0.6 is 0 Å². The number of ether oxygens (including phenoxy) is 1.